The number of benzene rings is 1. The van der Waals surface area contributed by atoms with Crippen molar-refractivity contribution in [2.24, 2.45) is 0 Å². The Bertz CT molecular complexity index is 733. The highest BCUT2D eigenvalue weighted by Gasteiger charge is 2.35. The fourth-order valence-corrected chi connectivity index (χ4v) is 2.50. The number of halogens is 5. The molecule has 0 amide bonds. The standard InChI is InChI=1S/C14H8Cl2F3NO2/c15-7-1-2-8(11(16)5-7)13-9(6-12(21)22)10(3-4-20-13)14(17,18)19/h1-5H,6H2,(H,21,22). The highest BCUT2D eigenvalue weighted by atomic mass is 35.5. The molecule has 0 unspecified atom stereocenters. The van der Waals surface area contributed by atoms with Crippen molar-refractivity contribution in [1.29, 1.82) is 0 Å². The Morgan fingerprint density at radius 2 is 1.91 bits per heavy atom. The van der Waals surface area contributed by atoms with Gasteiger partial charge < -0.3 is 5.11 Å². The highest BCUT2D eigenvalue weighted by molar-refractivity contribution is 6.36. The third kappa shape index (κ3) is 3.51. The van der Waals surface area contributed by atoms with Gasteiger partial charge in [-0.05, 0) is 24.3 Å². The zero-order valence-corrected chi connectivity index (χ0v) is 12.3. The number of hydrogen-bond donors (Lipinski definition) is 1. The van der Waals surface area contributed by atoms with Crippen molar-refractivity contribution in [1.82, 2.24) is 4.98 Å². The molecule has 1 aromatic heterocycles. The fraction of sp³-hybridized carbons (Fsp3) is 0.143. The molecule has 116 valence electrons. The Morgan fingerprint density at radius 3 is 2.45 bits per heavy atom. The van der Waals surface area contributed by atoms with Gasteiger partial charge in [-0.2, -0.15) is 13.2 Å². The van der Waals surface area contributed by atoms with Crippen molar-refractivity contribution >= 4 is 29.2 Å². The third-order valence-electron chi connectivity index (χ3n) is 2.88. The van der Waals surface area contributed by atoms with Crippen LogP contribution < -0.4 is 0 Å². The molecule has 0 aliphatic rings. The van der Waals surface area contributed by atoms with Gasteiger partial charge in [-0.3, -0.25) is 9.78 Å². The molecule has 0 atom stereocenters. The summed E-state index contributed by atoms with van der Waals surface area (Å²) in [7, 11) is 0. The van der Waals surface area contributed by atoms with E-state index in [0.29, 0.717) is 5.02 Å². The van der Waals surface area contributed by atoms with Crippen LogP contribution in [0.4, 0.5) is 13.2 Å². The molecule has 8 heteroatoms. The summed E-state index contributed by atoms with van der Waals surface area (Å²) in [4.78, 5) is 14.8. The first kappa shape index (κ1) is 16.6. The van der Waals surface area contributed by atoms with Crippen LogP contribution in [0.15, 0.2) is 30.5 Å². The van der Waals surface area contributed by atoms with Crippen LogP contribution in [0.5, 0.6) is 0 Å². The number of aromatic nitrogens is 1. The van der Waals surface area contributed by atoms with Crippen molar-refractivity contribution in [3.63, 3.8) is 0 Å². The molecule has 0 aliphatic carbocycles. The maximum atomic E-state index is 13.1. The van der Waals surface area contributed by atoms with Gasteiger partial charge in [0.15, 0.2) is 0 Å². The van der Waals surface area contributed by atoms with Gasteiger partial charge >= 0.3 is 12.1 Å². The first-order valence-corrected chi connectivity index (χ1v) is 6.68. The highest BCUT2D eigenvalue weighted by Crippen LogP contribution is 2.38. The van der Waals surface area contributed by atoms with E-state index >= 15 is 0 Å². The lowest BCUT2D eigenvalue weighted by Crippen LogP contribution is -2.14. The van der Waals surface area contributed by atoms with Crippen LogP contribution in [0.1, 0.15) is 11.1 Å². The van der Waals surface area contributed by atoms with E-state index in [1.54, 1.807) is 0 Å². The van der Waals surface area contributed by atoms with Gasteiger partial charge in [-0.25, -0.2) is 0 Å². The number of carbonyl (C=O) groups is 1. The summed E-state index contributed by atoms with van der Waals surface area (Å²) in [6, 6.07) is 4.93. The SMILES string of the molecule is O=C(O)Cc1c(C(F)(F)F)ccnc1-c1ccc(Cl)cc1Cl. The normalized spacial score (nSPS) is 11.5. The molecule has 2 rings (SSSR count). The lowest BCUT2D eigenvalue weighted by molar-refractivity contribution is -0.139. The molecular weight excluding hydrogens is 342 g/mol. The van der Waals surface area contributed by atoms with E-state index in [0.717, 1.165) is 12.3 Å². The molecule has 0 saturated carbocycles. The van der Waals surface area contributed by atoms with Gasteiger partial charge in [-0.1, -0.05) is 23.2 Å². The average Bonchev–Trinajstić information content (AvgIpc) is 2.37. The van der Waals surface area contributed by atoms with Gasteiger partial charge in [0, 0.05) is 22.3 Å². The van der Waals surface area contributed by atoms with E-state index in [9.17, 15) is 18.0 Å². The molecule has 1 aromatic carbocycles. The van der Waals surface area contributed by atoms with Crippen molar-refractivity contribution < 1.29 is 23.1 Å². The molecule has 0 spiro atoms. The number of alkyl halides is 3. The van der Waals surface area contributed by atoms with E-state index in [1.807, 2.05) is 0 Å². The minimum atomic E-state index is -4.69. The molecular formula is C14H8Cl2F3NO2. The molecule has 0 radical (unpaired) electrons. The average molecular weight is 350 g/mol. The molecule has 0 aliphatic heterocycles. The van der Waals surface area contributed by atoms with E-state index in [-0.39, 0.29) is 16.3 Å². The van der Waals surface area contributed by atoms with Crippen LogP contribution in [0.3, 0.4) is 0 Å². The first-order chi connectivity index (χ1) is 10.2. The third-order valence-corrected chi connectivity index (χ3v) is 3.42. The fourth-order valence-electron chi connectivity index (χ4n) is 2.00. The maximum Gasteiger partial charge on any atom is 0.416 e. The predicted molar refractivity (Wildman–Crippen MR) is 76.0 cm³/mol. The van der Waals surface area contributed by atoms with Crippen LogP contribution in [0, 0.1) is 0 Å². The molecule has 2 aromatic rings. The molecule has 22 heavy (non-hydrogen) atoms. The monoisotopic (exact) mass is 349 g/mol. The van der Waals surface area contributed by atoms with Crippen LogP contribution in [0.2, 0.25) is 10.0 Å². The van der Waals surface area contributed by atoms with Crippen LogP contribution in [0.25, 0.3) is 11.3 Å². The Balaban J connectivity index is 2.72. The molecule has 0 saturated heterocycles. The number of aliphatic carboxylic acids is 1. The number of hydrogen-bond acceptors (Lipinski definition) is 2. The topological polar surface area (TPSA) is 50.2 Å². The van der Waals surface area contributed by atoms with Crippen molar-refractivity contribution in [3.8, 4) is 11.3 Å². The maximum absolute atomic E-state index is 13.1. The second kappa shape index (κ2) is 6.14. The number of rotatable bonds is 3. The Morgan fingerprint density at radius 1 is 1.23 bits per heavy atom. The van der Waals surface area contributed by atoms with Crippen molar-refractivity contribution in [2.75, 3.05) is 0 Å². The Labute approximate surface area is 133 Å². The smallest absolute Gasteiger partial charge is 0.416 e. The van der Waals surface area contributed by atoms with Gasteiger partial charge in [0.05, 0.1) is 22.7 Å². The van der Waals surface area contributed by atoms with Gasteiger partial charge in [0.1, 0.15) is 0 Å². The van der Waals surface area contributed by atoms with Gasteiger partial charge in [-0.15, -0.1) is 0 Å². The lowest BCUT2D eigenvalue weighted by Gasteiger charge is -2.15. The van der Waals surface area contributed by atoms with E-state index in [4.69, 9.17) is 28.3 Å². The van der Waals surface area contributed by atoms with Crippen LogP contribution >= 0.6 is 23.2 Å². The summed E-state index contributed by atoms with van der Waals surface area (Å²) in [6.07, 6.45) is -4.55. The second-order valence-corrected chi connectivity index (χ2v) is 5.22. The molecule has 3 nitrogen and oxygen atoms in total. The zero-order valence-electron chi connectivity index (χ0n) is 10.8. The summed E-state index contributed by atoms with van der Waals surface area (Å²) in [5.41, 5.74) is -1.43. The minimum Gasteiger partial charge on any atom is -0.481 e. The first-order valence-electron chi connectivity index (χ1n) is 5.92. The summed E-state index contributed by atoms with van der Waals surface area (Å²) >= 11 is 11.7. The molecule has 1 N–H and O–H groups in total. The van der Waals surface area contributed by atoms with E-state index in [1.165, 1.54) is 18.2 Å². The molecule has 0 fully saturated rings. The summed E-state index contributed by atoms with van der Waals surface area (Å²) < 4.78 is 39.3. The Kier molecular flexibility index (Phi) is 4.63. The summed E-state index contributed by atoms with van der Waals surface area (Å²) in [5.74, 6) is -1.40. The number of pyridine rings is 1. The zero-order chi connectivity index (χ0) is 16.5. The largest absolute Gasteiger partial charge is 0.481 e. The number of carboxylic acid groups (broad SMARTS) is 1. The van der Waals surface area contributed by atoms with Crippen molar-refractivity contribution in [3.05, 3.63) is 51.6 Å². The molecule has 1 heterocycles. The predicted octanol–water partition coefficient (Wildman–Crippen LogP) is 4.70. The lowest BCUT2D eigenvalue weighted by atomic mass is 9.98. The van der Waals surface area contributed by atoms with E-state index in [2.05, 4.69) is 4.98 Å². The number of carboxylic acids is 1. The van der Waals surface area contributed by atoms with Crippen molar-refractivity contribution in [2.45, 2.75) is 12.6 Å². The van der Waals surface area contributed by atoms with Crippen LogP contribution in [-0.2, 0) is 17.4 Å². The van der Waals surface area contributed by atoms with E-state index < -0.39 is 29.7 Å². The van der Waals surface area contributed by atoms with Gasteiger partial charge in [0.2, 0.25) is 0 Å². The number of nitrogens with zero attached hydrogens (tertiary/aromatic N) is 1. The summed E-state index contributed by atoms with van der Waals surface area (Å²) in [6.45, 7) is 0. The second-order valence-electron chi connectivity index (χ2n) is 4.38. The Hall–Kier alpha value is -1.79. The van der Waals surface area contributed by atoms with Crippen LogP contribution in [-0.4, -0.2) is 16.1 Å². The molecule has 0 bridgehead atoms. The quantitative estimate of drug-likeness (QED) is 0.873. The summed E-state index contributed by atoms with van der Waals surface area (Å²) in [5, 5.41) is 9.29. The van der Waals surface area contributed by atoms with Gasteiger partial charge in [0.25, 0.3) is 0 Å². The minimum absolute atomic E-state index is 0.0889.